The molecule has 6 heteroatoms. The van der Waals surface area contributed by atoms with E-state index in [9.17, 15) is 9.59 Å². The first kappa shape index (κ1) is 16.9. The third-order valence-electron chi connectivity index (χ3n) is 5.65. The van der Waals surface area contributed by atoms with Crippen LogP contribution < -0.4 is 10.8 Å². The number of carbonyl (C=O) groups excluding carboxylic acids is 2. The number of nitrogens with zero attached hydrogens (tertiary/aromatic N) is 1. The SMILES string of the molecule is Cc1ccc(C2(C)CCN(C3(CC(=O)NO)CCNC3)C2=O)cc1. The van der Waals surface area contributed by atoms with Crippen LogP contribution in [0.4, 0.5) is 0 Å². The first-order valence-corrected chi connectivity index (χ1v) is 8.44. The molecule has 0 saturated carbocycles. The minimum atomic E-state index is -0.557. The smallest absolute Gasteiger partial charge is 0.245 e. The summed E-state index contributed by atoms with van der Waals surface area (Å²) in [5.74, 6) is -0.378. The summed E-state index contributed by atoms with van der Waals surface area (Å²) in [6, 6.07) is 8.11. The number of aryl methyl sites for hydroxylation is 1. The van der Waals surface area contributed by atoms with Crippen molar-refractivity contribution < 1.29 is 14.8 Å². The van der Waals surface area contributed by atoms with Gasteiger partial charge in [-0.1, -0.05) is 29.8 Å². The molecule has 2 aliphatic heterocycles. The van der Waals surface area contributed by atoms with Crippen molar-refractivity contribution in [1.29, 1.82) is 0 Å². The minimum Gasteiger partial charge on any atom is -0.334 e. The Morgan fingerprint density at radius 1 is 1.33 bits per heavy atom. The highest BCUT2D eigenvalue weighted by Gasteiger charge is 2.53. The van der Waals surface area contributed by atoms with Crippen molar-refractivity contribution in [2.75, 3.05) is 19.6 Å². The number of benzene rings is 1. The van der Waals surface area contributed by atoms with Crippen LogP contribution in [0.2, 0.25) is 0 Å². The maximum Gasteiger partial charge on any atom is 0.245 e. The zero-order valence-corrected chi connectivity index (χ0v) is 14.3. The molecule has 0 aliphatic carbocycles. The molecule has 0 radical (unpaired) electrons. The van der Waals surface area contributed by atoms with Gasteiger partial charge in [0.15, 0.2) is 0 Å². The lowest BCUT2D eigenvalue weighted by atomic mass is 9.80. The summed E-state index contributed by atoms with van der Waals surface area (Å²) in [7, 11) is 0. The summed E-state index contributed by atoms with van der Waals surface area (Å²) >= 11 is 0. The molecule has 2 unspecified atom stereocenters. The van der Waals surface area contributed by atoms with E-state index in [0.29, 0.717) is 13.1 Å². The highest BCUT2D eigenvalue weighted by Crippen LogP contribution is 2.41. The largest absolute Gasteiger partial charge is 0.334 e. The molecule has 0 aromatic heterocycles. The quantitative estimate of drug-likeness (QED) is 0.570. The maximum absolute atomic E-state index is 13.3. The van der Waals surface area contributed by atoms with Crippen molar-refractivity contribution >= 4 is 11.8 Å². The van der Waals surface area contributed by atoms with Crippen molar-refractivity contribution in [3.05, 3.63) is 35.4 Å². The first-order chi connectivity index (χ1) is 11.4. The average Bonchev–Trinajstić information content (AvgIpc) is 3.15. The number of nitrogens with one attached hydrogen (secondary N) is 2. The van der Waals surface area contributed by atoms with Crippen LogP contribution in [-0.4, -0.2) is 47.1 Å². The molecule has 0 spiro atoms. The molecule has 2 heterocycles. The van der Waals surface area contributed by atoms with Gasteiger partial charge in [0, 0.05) is 13.1 Å². The molecule has 0 bridgehead atoms. The van der Waals surface area contributed by atoms with Gasteiger partial charge in [0.05, 0.1) is 17.4 Å². The Hall–Kier alpha value is -1.92. The number of hydrogen-bond donors (Lipinski definition) is 3. The van der Waals surface area contributed by atoms with Crippen LogP contribution in [0.15, 0.2) is 24.3 Å². The average molecular weight is 331 g/mol. The highest BCUT2D eigenvalue weighted by atomic mass is 16.5. The van der Waals surface area contributed by atoms with Gasteiger partial charge in [-0.25, -0.2) is 5.48 Å². The Bertz CT molecular complexity index is 637. The van der Waals surface area contributed by atoms with Crippen molar-refractivity contribution in [3.63, 3.8) is 0 Å². The summed E-state index contributed by atoms with van der Waals surface area (Å²) in [6.07, 6.45) is 1.57. The molecular formula is C18H25N3O3. The summed E-state index contributed by atoms with van der Waals surface area (Å²) < 4.78 is 0. The Morgan fingerprint density at radius 2 is 2.04 bits per heavy atom. The molecule has 2 saturated heterocycles. The standard InChI is InChI=1S/C18H25N3O3/c1-13-3-5-14(6-4-13)17(2)8-10-21(16(17)23)18(7-9-19-12-18)11-15(22)20-24/h3-6,19,24H,7-12H2,1-2H3,(H,20,22). The third kappa shape index (κ3) is 2.70. The van der Waals surface area contributed by atoms with Crippen molar-refractivity contribution in [1.82, 2.24) is 15.7 Å². The number of rotatable bonds is 4. The Morgan fingerprint density at radius 3 is 2.62 bits per heavy atom. The van der Waals surface area contributed by atoms with Gasteiger partial charge in [0.1, 0.15) is 0 Å². The van der Waals surface area contributed by atoms with Gasteiger partial charge in [-0.15, -0.1) is 0 Å². The van der Waals surface area contributed by atoms with Gasteiger partial charge in [0.2, 0.25) is 11.8 Å². The maximum atomic E-state index is 13.3. The molecule has 130 valence electrons. The fourth-order valence-electron chi connectivity index (χ4n) is 4.03. The van der Waals surface area contributed by atoms with Crippen LogP contribution in [0.1, 0.15) is 37.3 Å². The van der Waals surface area contributed by atoms with Crippen LogP contribution in [0, 0.1) is 6.92 Å². The minimum absolute atomic E-state index is 0.0702. The van der Waals surface area contributed by atoms with Crippen LogP contribution in [0.3, 0.4) is 0 Å². The van der Waals surface area contributed by atoms with E-state index in [4.69, 9.17) is 5.21 Å². The van der Waals surface area contributed by atoms with E-state index in [0.717, 1.165) is 24.9 Å². The fraction of sp³-hybridized carbons (Fsp3) is 0.556. The summed E-state index contributed by atoms with van der Waals surface area (Å²) in [5.41, 5.74) is 2.79. The second-order valence-electron chi connectivity index (χ2n) is 7.27. The van der Waals surface area contributed by atoms with Crippen LogP contribution in [0.5, 0.6) is 0 Å². The van der Waals surface area contributed by atoms with Gasteiger partial charge in [0.25, 0.3) is 0 Å². The molecule has 2 amide bonds. The number of carbonyl (C=O) groups is 2. The molecular weight excluding hydrogens is 306 g/mol. The van der Waals surface area contributed by atoms with Gasteiger partial charge in [-0.05, 0) is 38.8 Å². The number of likely N-dealkylation sites (tertiary alicyclic amines) is 1. The molecule has 2 atom stereocenters. The molecule has 2 aliphatic rings. The molecule has 24 heavy (non-hydrogen) atoms. The molecule has 1 aromatic rings. The van der Waals surface area contributed by atoms with E-state index in [1.165, 1.54) is 5.56 Å². The molecule has 3 N–H and O–H groups in total. The predicted molar refractivity (Wildman–Crippen MR) is 89.6 cm³/mol. The number of amides is 2. The van der Waals surface area contributed by atoms with Crippen LogP contribution in [0.25, 0.3) is 0 Å². The third-order valence-corrected chi connectivity index (χ3v) is 5.65. The zero-order valence-electron chi connectivity index (χ0n) is 14.3. The van der Waals surface area contributed by atoms with Crippen LogP contribution >= 0.6 is 0 Å². The van der Waals surface area contributed by atoms with Gasteiger partial charge in [-0.2, -0.15) is 0 Å². The normalized spacial score (nSPS) is 30.0. The summed E-state index contributed by atoms with van der Waals surface area (Å²) in [6.45, 7) is 5.99. The van der Waals surface area contributed by atoms with Gasteiger partial charge in [-0.3, -0.25) is 14.8 Å². The van der Waals surface area contributed by atoms with Crippen molar-refractivity contribution in [2.45, 2.75) is 44.1 Å². The van der Waals surface area contributed by atoms with Gasteiger partial charge >= 0.3 is 0 Å². The second kappa shape index (κ2) is 6.18. The van der Waals surface area contributed by atoms with E-state index in [-0.39, 0.29) is 12.3 Å². The molecule has 1 aromatic carbocycles. The molecule has 6 nitrogen and oxygen atoms in total. The lowest BCUT2D eigenvalue weighted by Crippen LogP contribution is -2.55. The lowest BCUT2D eigenvalue weighted by Gasteiger charge is -2.39. The van der Waals surface area contributed by atoms with Crippen molar-refractivity contribution in [2.24, 2.45) is 0 Å². The highest BCUT2D eigenvalue weighted by molar-refractivity contribution is 5.91. The Labute approximate surface area is 142 Å². The molecule has 2 fully saturated rings. The van der Waals surface area contributed by atoms with E-state index in [2.05, 4.69) is 5.32 Å². The molecule has 3 rings (SSSR count). The summed E-state index contributed by atoms with van der Waals surface area (Å²) in [4.78, 5) is 26.9. The van der Waals surface area contributed by atoms with E-state index in [1.54, 1.807) is 5.48 Å². The van der Waals surface area contributed by atoms with E-state index in [1.807, 2.05) is 43.0 Å². The first-order valence-electron chi connectivity index (χ1n) is 8.44. The van der Waals surface area contributed by atoms with Crippen molar-refractivity contribution in [3.8, 4) is 0 Å². The fourth-order valence-corrected chi connectivity index (χ4v) is 4.03. The topological polar surface area (TPSA) is 81.7 Å². The number of hydrogen-bond acceptors (Lipinski definition) is 4. The zero-order chi connectivity index (χ0) is 17.4. The van der Waals surface area contributed by atoms with Gasteiger partial charge < -0.3 is 10.2 Å². The Balaban J connectivity index is 1.89. The lowest BCUT2D eigenvalue weighted by molar-refractivity contribution is -0.140. The van der Waals surface area contributed by atoms with E-state index >= 15 is 0 Å². The second-order valence-corrected chi connectivity index (χ2v) is 7.27. The van der Waals surface area contributed by atoms with Crippen LogP contribution in [-0.2, 0) is 15.0 Å². The monoisotopic (exact) mass is 331 g/mol. The van der Waals surface area contributed by atoms with E-state index < -0.39 is 16.9 Å². The predicted octanol–water partition coefficient (Wildman–Crippen LogP) is 1.11. The summed E-state index contributed by atoms with van der Waals surface area (Å²) in [5, 5.41) is 12.2. The Kier molecular flexibility index (Phi) is 4.36. The number of hydroxylamine groups is 1.